The van der Waals surface area contributed by atoms with E-state index in [4.69, 9.17) is 9.97 Å². The molecule has 10 rings (SSSR count). The Morgan fingerprint density at radius 3 is 1.67 bits per heavy atom. The summed E-state index contributed by atoms with van der Waals surface area (Å²) in [5, 5.41) is 0. The number of hydrogen-bond acceptors (Lipinski definition) is 4. The summed E-state index contributed by atoms with van der Waals surface area (Å²) in [6.07, 6.45) is 7.09. The second-order valence-electron chi connectivity index (χ2n) is 15.7. The van der Waals surface area contributed by atoms with Gasteiger partial charge in [-0.3, -0.25) is 4.98 Å². The van der Waals surface area contributed by atoms with Crippen LogP contribution < -0.4 is 4.90 Å². The molecule has 0 unspecified atom stereocenters. The molecule has 0 radical (unpaired) electrons. The Labute approximate surface area is 389 Å². The van der Waals surface area contributed by atoms with Gasteiger partial charge in [-0.1, -0.05) is 176 Å². The molecule has 0 bridgehead atoms. The summed E-state index contributed by atoms with van der Waals surface area (Å²) < 4.78 is 0. The Hall–Kier alpha value is -7.52. The van der Waals surface area contributed by atoms with E-state index in [2.05, 4.69) is 224 Å². The maximum Gasteiger partial charge on any atom is 2.00 e. The molecule has 0 saturated heterocycles. The minimum atomic E-state index is 0. The monoisotopic (exact) mass is 1000 g/mol. The molecule has 0 saturated carbocycles. The molecule has 0 spiro atoms. The van der Waals surface area contributed by atoms with Crippen LogP contribution in [0, 0.1) is 26.1 Å². The third-order valence-electron chi connectivity index (χ3n) is 11.5. The second kappa shape index (κ2) is 18.8. The first-order chi connectivity index (χ1) is 31.1. The average Bonchev–Trinajstić information content (AvgIpc) is 3.35. The molecular formula is C59H42N4Pt. The third-order valence-corrected chi connectivity index (χ3v) is 11.5. The van der Waals surface area contributed by atoms with Crippen molar-refractivity contribution in [2.75, 3.05) is 4.90 Å². The van der Waals surface area contributed by atoms with E-state index in [1.54, 1.807) is 0 Å². The average molecular weight is 1000 g/mol. The number of anilines is 3. The zero-order valence-electron chi connectivity index (χ0n) is 35.4. The van der Waals surface area contributed by atoms with Gasteiger partial charge >= 0.3 is 21.1 Å². The molecule has 7 aromatic carbocycles. The normalized spacial score (nSPS) is 10.8. The maximum atomic E-state index is 5.57. The molecule has 10 aromatic rings. The van der Waals surface area contributed by atoms with Gasteiger partial charge in [0, 0.05) is 11.8 Å². The van der Waals surface area contributed by atoms with Crippen LogP contribution in [0.3, 0.4) is 0 Å². The molecule has 4 nitrogen and oxygen atoms in total. The molecule has 308 valence electrons. The van der Waals surface area contributed by atoms with Gasteiger partial charge < -0.3 is 9.88 Å². The molecule has 3 aromatic heterocycles. The van der Waals surface area contributed by atoms with Crippen molar-refractivity contribution in [2.24, 2.45) is 0 Å². The molecule has 0 atom stereocenters. The van der Waals surface area contributed by atoms with Crippen LogP contribution >= 0.6 is 0 Å². The summed E-state index contributed by atoms with van der Waals surface area (Å²) in [6.45, 7) is 4.36. The van der Waals surface area contributed by atoms with E-state index in [0.717, 1.165) is 89.8 Å². The fraction of sp³-hybridized carbons (Fsp3) is 0.0339. The first kappa shape index (κ1) is 41.8. The van der Waals surface area contributed by atoms with Crippen LogP contribution in [0.25, 0.3) is 78.1 Å². The van der Waals surface area contributed by atoms with Gasteiger partial charge in [-0.05, 0) is 99.9 Å². The smallest absolute Gasteiger partial charge is 0.370 e. The van der Waals surface area contributed by atoms with Gasteiger partial charge in [-0.2, -0.15) is 18.2 Å². The summed E-state index contributed by atoms with van der Waals surface area (Å²) in [5.41, 5.74) is 18.2. The van der Waals surface area contributed by atoms with Crippen molar-refractivity contribution in [3.8, 4) is 78.1 Å². The number of aryl methyl sites for hydroxylation is 2. The van der Waals surface area contributed by atoms with Crippen molar-refractivity contribution in [1.82, 2.24) is 15.0 Å². The predicted octanol–water partition coefficient (Wildman–Crippen LogP) is 15.2. The minimum Gasteiger partial charge on any atom is -0.370 e. The molecule has 0 aliphatic heterocycles. The fourth-order valence-corrected chi connectivity index (χ4v) is 8.40. The molecule has 0 amide bonds. The molecule has 0 aliphatic rings. The van der Waals surface area contributed by atoms with Crippen molar-refractivity contribution >= 4 is 17.2 Å². The Bertz CT molecular complexity index is 3170. The van der Waals surface area contributed by atoms with Crippen LogP contribution in [0.1, 0.15) is 11.1 Å². The Kier molecular flexibility index (Phi) is 12.3. The summed E-state index contributed by atoms with van der Waals surface area (Å²) in [7, 11) is 0. The minimum absolute atomic E-state index is 0. The Morgan fingerprint density at radius 1 is 0.438 bits per heavy atom. The van der Waals surface area contributed by atoms with Gasteiger partial charge in [-0.25, -0.2) is 16.1 Å². The quantitative estimate of drug-likeness (QED) is 0.128. The number of aromatic nitrogens is 3. The molecule has 3 heterocycles. The first-order valence-corrected chi connectivity index (χ1v) is 21.2. The van der Waals surface area contributed by atoms with E-state index in [0.29, 0.717) is 0 Å². The number of hydrogen-bond donors (Lipinski definition) is 0. The zero-order chi connectivity index (χ0) is 42.5. The van der Waals surface area contributed by atoms with E-state index in [-0.39, 0.29) is 21.1 Å². The number of nitrogens with zero attached hydrogens (tertiary/aromatic N) is 4. The van der Waals surface area contributed by atoms with Crippen LogP contribution in [-0.4, -0.2) is 15.0 Å². The summed E-state index contributed by atoms with van der Waals surface area (Å²) in [5.74, 6) is 0.725. The van der Waals surface area contributed by atoms with E-state index >= 15 is 0 Å². The van der Waals surface area contributed by atoms with Crippen LogP contribution in [0.4, 0.5) is 17.2 Å². The van der Waals surface area contributed by atoms with Gasteiger partial charge in [0.1, 0.15) is 5.82 Å². The first-order valence-electron chi connectivity index (χ1n) is 21.2. The van der Waals surface area contributed by atoms with Crippen molar-refractivity contribution in [1.29, 1.82) is 0 Å². The van der Waals surface area contributed by atoms with Gasteiger partial charge in [0.25, 0.3) is 0 Å². The second-order valence-corrected chi connectivity index (χ2v) is 15.7. The van der Waals surface area contributed by atoms with Crippen LogP contribution in [0.15, 0.2) is 219 Å². The van der Waals surface area contributed by atoms with E-state index in [1.165, 1.54) is 16.7 Å². The van der Waals surface area contributed by atoms with Crippen molar-refractivity contribution in [2.45, 2.75) is 13.8 Å². The number of rotatable bonds is 10. The standard InChI is InChI=1S/C59H42N4.Pt/c1-41-18-17-19-42(2)59(41)50-32-48(52-33-51(39-60-40-52)45-24-11-5-12-25-45)34-53(35-50)63(57-29-16-15-28-54(57)46-26-13-6-14-27-46)58-38-49(44-22-9-4-10-23-44)37-56(62-58)55-36-47(30-31-61-55)43-20-7-3-8-21-43;/h3-33,35-39H,1-2H3;/q-2;+2. The van der Waals surface area contributed by atoms with Gasteiger partial charge in [0.2, 0.25) is 0 Å². The number of benzene rings is 7. The molecular weight excluding hydrogens is 960 g/mol. The summed E-state index contributed by atoms with van der Waals surface area (Å²) >= 11 is 0. The zero-order valence-corrected chi connectivity index (χ0v) is 37.7. The van der Waals surface area contributed by atoms with Crippen LogP contribution in [0.2, 0.25) is 0 Å². The number of para-hydroxylation sites is 1. The van der Waals surface area contributed by atoms with Crippen LogP contribution in [0.5, 0.6) is 0 Å². The van der Waals surface area contributed by atoms with Gasteiger partial charge in [0.05, 0.1) is 17.1 Å². The van der Waals surface area contributed by atoms with E-state index < -0.39 is 0 Å². The summed E-state index contributed by atoms with van der Waals surface area (Å²) in [4.78, 5) is 17.4. The van der Waals surface area contributed by atoms with E-state index in [9.17, 15) is 0 Å². The molecule has 0 fully saturated rings. The van der Waals surface area contributed by atoms with Crippen molar-refractivity contribution in [3.63, 3.8) is 0 Å². The summed E-state index contributed by atoms with van der Waals surface area (Å²) in [6, 6.07) is 75.9. The third kappa shape index (κ3) is 8.74. The Balaban J connectivity index is 0.00000518. The SMILES string of the molecule is Cc1cccc(C)c1-c1cc(-c2[c-]ncc(-c3ccccc3)c2)[c-]c(N(c2cc(-c3ccccc3)cc(-c3cc(-c4ccccc4)ccn3)n2)c2ccccc2-c2ccccc2)c1.[Pt+2]. The molecule has 64 heavy (non-hydrogen) atoms. The van der Waals surface area contributed by atoms with Gasteiger partial charge in [-0.15, -0.1) is 11.6 Å². The largest absolute Gasteiger partial charge is 2.00 e. The molecule has 0 aliphatic carbocycles. The maximum absolute atomic E-state index is 5.57. The van der Waals surface area contributed by atoms with Crippen molar-refractivity contribution in [3.05, 3.63) is 242 Å². The van der Waals surface area contributed by atoms with E-state index in [1.807, 2.05) is 30.6 Å². The van der Waals surface area contributed by atoms with Crippen molar-refractivity contribution < 1.29 is 21.1 Å². The topological polar surface area (TPSA) is 41.9 Å². The molecule has 5 heteroatoms. The molecule has 0 N–H and O–H groups in total. The number of pyridine rings is 3. The van der Waals surface area contributed by atoms with Crippen LogP contribution in [-0.2, 0) is 21.1 Å². The van der Waals surface area contributed by atoms with Gasteiger partial charge in [0.15, 0.2) is 0 Å². The predicted molar refractivity (Wildman–Crippen MR) is 260 cm³/mol. The fourth-order valence-electron chi connectivity index (χ4n) is 8.40. The Morgan fingerprint density at radius 2 is 1.00 bits per heavy atom.